The lowest BCUT2D eigenvalue weighted by Crippen LogP contribution is -2.25. The predicted molar refractivity (Wildman–Crippen MR) is 154 cm³/mol. The molecule has 39 heavy (non-hydrogen) atoms. The second kappa shape index (κ2) is 11.2. The molecule has 0 saturated heterocycles. The van der Waals surface area contributed by atoms with Crippen LogP contribution in [-0.4, -0.2) is 31.2 Å². The highest BCUT2D eigenvalue weighted by atomic mass is 32.2. The molecule has 2 aromatic heterocycles. The van der Waals surface area contributed by atoms with E-state index in [1.807, 2.05) is 77.1 Å². The van der Waals surface area contributed by atoms with Crippen LogP contribution >= 0.6 is 11.8 Å². The smallest absolute Gasteiger partial charge is 0.237 e. The molecular formula is C31H32N4O3S. The Kier molecular flexibility index (Phi) is 7.68. The molecule has 2 aromatic carbocycles. The van der Waals surface area contributed by atoms with E-state index in [4.69, 9.17) is 14.7 Å². The Labute approximate surface area is 233 Å². The summed E-state index contributed by atoms with van der Waals surface area (Å²) in [5, 5.41) is 13.4. The Hall–Kier alpha value is -3.75. The van der Waals surface area contributed by atoms with Gasteiger partial charge in [-0.1, -0.05) is 60.6 Å². The molecule has 0 aliphatic carbocycles. The first-order chi connectivity index (χ1) is 18.8. The first-order valence-electron chi connectivity index (χ1n) is 13.1. The number of hydrogen-bond donors (Lipinski definition) is 2. The summed E-state index contributed by atoms with van der Waals surface area (Å²) in [4.78, 5) is 27.6. The zero-order valence-corrected chi connectivity index (χ0v) is 23.6. The van der Waals surface area contributed by atoms with E-state index in [1.165, 1.54) is 11.8 Å². The minimum Gasteiger partial charge on any atom is -0.436 e. The molecular weight excluding hydrogens is 508 g/mol. The number of thioether (sulfide) groups is 1. The first-order valence-corrected chi connectivity index (χ1v) is 13.9. The van der Waals surface area contributed by atoms with E-state index < -0.39 is 0 Å². The van der Waals surface area contributed by atoms with Crippen molar-refractivity contribution in [2.24, 2.45) is 0 Å². The Balaban J connectivity index is 1.55. The Bertz CT molecular complexity index is 1550. The van der Waals surface area contributed by atoms with Crippen LogP contribution in [0.2, 0.25) is 0 Å². The maximum atomic E-state index is 13.5. The molecule has 1 amide bonds. The third kappa shape index (κ3) is 5.53. The van der Waals surface area contributed by atoms with Crippen LogP contribution in [0.3, 0.4) is 0 Å². The lowest BCUT2D eigenvalue weighted by Gasteiger charge is -2.25. The molecule has 8 heteroatoms. The number of nitrogens with one attached hydrogen (secondary N) is 1. The summed E-state index contributed by atoms with van der Waals surface area (Å²) in [6.45, 7) is 9.77. The molecule has 0 fully saturated rings. The number of aliphatic hydroxyl groups excluding tert-OH is 1. The second-order valence-electron chi connectivity index (χ2n) is 9.94. The average molecular weight is 541 g/mol. The number of fused-ring (bicyclic) bond motifs is 2. The molecule has 7 nitrogen and oxygen atoms in total. The highest BCUT2D eigenvalue weighted by Gasteiger charge is 2.30. The largest absolute Gasteiger partial charge is 0.436 e. The molecule has 1 aliphatic rings. The number of carbonyl (C=O) groups is 1. The van der Waals surface area contributed by atoms with Crippen molar-refractivity contribution in [3.8, 4) is 23.0 Å². The Morgan fingerprint density at radius 3 is 2.51 bits per heavy atom. The standard InChI is InChI=1S/C31H32N4O3S/c1-6-26(29(37)33-25-13-18(3)7-10-19(25)4)39-31-24-14-23-22(16-36)15-32-20(5)27(23)38-30(24)34-28(35-31)21-11-8-17(2)9-12-21/h7-13,15,26,36H,6,14,16H2,1-5H3,(H,33,37)/t26-/m0/s1. The van der Waals surface area contributed by atoms with Crippen LogP contribution in [-0.2, 0) is 17.8 Å². The lowest BCUT2D eigenvalue weighted by atomic mass is 9.99. The molecule has 0 radical (unpaired) electrons. The van der Waals surface area contributed by atoms with E-state index in [-0.39, 0.29) is 17.8 Å². The summed E-state index contributed by atoms with van der Waals surface area (Å²) in [5.74, 6) is 1.54. The van der Waals surface area contributed by atoms with Crippen LogP contribution in [0.15, 0.2) is 53.7 Å². The summed E-state index contributed by atoms with van der Waals surface area (Å²) < 4.78 is 6.34. The number of aromatic nitrogens is 3. The third-order valence-corrected chi connectivity index (χ3v) is 8.33. The van der Waals surface area contributed by atoms with Gasteiger partial charge in [-0.25, -0.2) is 4.98 Å². The Morgan fingerprint density at radius 1 is 1.05 bits per heavy atom. The number of benzene rings is 2. The first kappa shape index (κ1) is 26.8. The maximum absolute atomic E-state index is 13.5. The summed E-state index contributed by atoms with van der Waals surface area (Å²) in [5.41, 5.74) is 8.05. The van der Waals surface area contributed by atoms with Crippen LogP contribution in [0.25, 0.3) is 11.4 Å². The number of amides is 1. The van der Waals surface area contributed by atoms with Gasteiger partial charge >= 0.3 is 0 Å². The highest BCUT2D eigenvalue weighted by Crippen LogP contribution is 2.43. The normalized spacial score (nSPS) is 12.8. The fourth-order valence-electron chi connectivity index (χ4n) is 4.56. The van der Waals surface area contributed by atoms with Crippen LogP contribution in [0.4, 0.5) is 5.69 Å². The van der Waals surface area contributed by atoms with E-state index >= 15 is 0 Å². The van der Waals surface area contributed by atoms with E-state index in [0.717, 1.165) is 44.8 Å². The van der Waals surface area contributed by atoms with E-state index in [1.54, 1.807) is 6.20 Å². The van der Waals surface area contributed by atoms with E-state index in [2.05, 4.69) is 10.3 Å². The van der Waals surface area contributed by atoms with Crippen molar-refractivity contribution in [1.29, 1.82) is 0 Å². The van der Waals surface area contributed by atoms with Gasteiger partial charge in [0.05, 0.1) is 23.1 Å². The van der Waals surface area contributed by atoms with Gasteiger partial charge in [0.1, 0.15) is 5.03 Å². The minimum atomic E-state index is -0.382. The Morgan fingerprint density at radius 2 is 1.79 bits per heavy atom. The molecule has 0 spiro atoms. The van der Waals surface area contributed by atoms with Gasteiger partial charge in [-0.3, -0.25) is 9.78 Å². The van der Waals surface area contributed by atoms with Crippen molar-refractivity contribution < 1.29 is 14.6 Å². The van der Waals surface area contributed by atoms with Crippen LogP contribution in [0, 0.1) is 27.7 Å². The third-order valence-electron chi connectivity index (χ3n) is 6.94. The number of pyridine rings is 1. The summed E-state index contributed by atoms with van der Waals surface area (Å²) in [6.07, 6.45) is 2.78. The molecule has 2 N–H and O–H groups in total. The topological polar surface area (TPSA) is 97.2 Å². The molecule has 5 rings (SSSR count). The molecule has 200 valence electrons. The van der Waals surface area contributed by atoms with Gasteiger partial charge in [-0.05, 0) is 51.3 Å². The quantitative estimate of drug-likeness (QED) is 0.180. The van der Waals surface area contributed by atoms with Crippen LogP contribution in [0.1, 0.15) is 52.4 Å². The van der Waals surface area contributed by atoms with E-state index in [9.17, 15) is 9.90 Å². The number of ether oxygens (including phenoxy) is 1. The molecule has 0 unspecified atom stereocenters. The lowest BCUT2D eigenvalue weighted by molar-refractivity contribution is -0.115. The van der Waals surface area contributed by atoms with Crippen LogP contribution < -0.4 is 10.1 Å². The number of anilines is 1. The highest BCUT2D eigenvalue weighted by molar-refractivity contribution is 8.00. The molecule has 1 aliphatic heterocycles. The molecule has 3 heterocycles. The molecule has 4 aromatic rings. The average Bonchev–Trinajstić information content (AvgIpc) is 2.93. The predicted octanol–water partition coefficient (Wildman–Crippen LogP) is 6.47. The summed E-state index contributed by atoms with van der Waals surface area (Å²) in [6, 6.07) is 14.1. The van der Waals surface area contributed by atoms with Crippen molar-refractivity contribution in [1.82, 2.24) is 15.0 Å². The van der Waals surface area contributed by atoms with Gasteiger partial charge in [0.15, 0.2) is 11.6 Å². The zero-order chi connectivity index (χ0) is 27.7. The minimum absolute atomic E-state index is 0.0753. The van der Waals surface area contributed by atoms with Gasteiger partial charge in [-0.15, -0.1) is 0 Å². The fourth-order valence-corrected chi connectivity index (χ4v) is 5.61. The molecule has 0 bridgehead atoms. The summed E-state index contributed by atoms with van der Waals surface area (Å²) in [7, 11) is 0. The number of rotatable bonds is 7. The zero-order valence-electron chi connectivity index (χ0n) is 22.8. The number of carbonyl (C=O) groups excluding carboxylic acids is 1. The van der Waals surface area contributed by atoms with Gasteiger partial charge in [0.2, 0.25) is 11.8 Å². The van der Waals surface area contributed by atoms with E-state index in [0.29, 0.717) is 40.9 Å². The van der Waals surface area contributed by atoms with Crippen molar-refractivity contribution in [2.45, 2.75) is 64.3 Å². The van der Waals surface area contributed by atoms with Gasteiger partial charge in [0, 0.05) is 35.0 Å². The second-order valence-corrected chi connectivity index (χ2v) is 11.1. The number of nitrogens with zero attached hydrogens (tertiary/aromatic N) is 3. The molecule has 1 atom stereocenters. The monoisotopic (exact) mass is 540 g/mol. The van der Waals surface area contributed by atoms with Gasteiger partial charge in [0.25, 0.3) is 0 Å². The molecule has 0 saturated carbocycles. The number of aryl methyl sites for hydroxylation is 4. The van der Waals surface area contributed by atoms with Crippen molar-refractivity contribution in [3.05, 3.63) is 87.7 Å². The van der Waals surface area contributed by atoms with Crippen molar-refractivity contribution >= 4 is 23.4 Å². The van der Waals surface area contributed by atoms with Crippen molar-refractivity contribution in [3.63, 3.8) is 0 Å². The maximum Gasteiger partial charge on any atom is 0.237 e. The van der Waals surface area contributed by atoms with Crippen molar-refractivity contribution in [2.75, 3.05) is 5.32 Å². The SMILES string of the molecule is CC[C@H](Sc1nc(-c2ccc(C)cc2)nc2c1Cc1c(CO)cnc(C)c1O2)C(=O)Nc1cc(C)ccc1C. The van der Waals surface area contributed by atoms with Crippen LogP contribution in [0.5, 0.6) is 11.6 Å². The van der Waals surface area contributed by atoms with Gasteiger partial charge in [-0.2, -0.15) is 4.98 Å². The number of aliphatic hydroxyl groups is 1. The van der Waals surface area contributed by atoms with Gasteiger partial charge < -0.3 is 15.2 Å². The number of hydrogen-bond acceptors (Lipinski definition) is 7. The summed E-state index contributed by atoms with van der Waals surface area (Å²) >= 11 is 1.42. The fraction of sp³-hybridized carbons (Fsp3) is 0.290.